The molecule has 0 fully saturated rings. The van der Waals surface area contributed by atoms with Gasteiger partial charge in [-0.3, -0.25) is 5.10 Å². The highest BCUT2D eigenvalue weighted by molar-refractivity contribution is 6.28. The minimum Gasteiger partial charge on any atom is -0.356 e. The normalized spacial score (nSPS) is 11.4. The molecule has 0 bridgehead atoms. The van der Waals surface area contributed by atoms with Gasteiger partial charge in [-0.05, 0) is 24.4 Å². The van der Waals surface area contributed by atoms with Crippen molar-refractivity contribution in [1.82, 2.24) is 20.2 Å². The van der Waals surface area contributed by atoms with E-state index in [1.165, 1.54) is 0 Å². The summed E-state index contributed by atoms with van der Waals surface area (Å²) in [5.74, 6) is 0.836. The van der Waals surface area contributed by atoms with Crippen LogP contribution in [-0.4, -0.2) is 33.3 Å². The van der Waals surface area contributed by atoms with Gasteiger partial charge in [-0.1, -0.05) is 13.8 Å². The third-order valence-corrected chi connectivity index (χ3v) is 3.26. The highest BCUT2D eigenvalue weighted by atomic mass is 35.5. The molecule has 1 N–H and O–H groups in total. The van der Waals surface area contributed by atoms with E-state index in [0.717, 1.165) is 24.0 Å². The van der Waals surface area contributed by atoms with Crippen LogP contribution < -0.4 is 4.90 Å². The van der Waals surface area contributed by atoms with E-state index in [4.69, 9.17) is 11.6 Å². The van der Waals surface area contributed by atoms with Crippen LogP contribution in [0.5, 0.6) is 0 Å². The lowest BCUT2D eigenvalue weighted by Crippen LogP contribution is -2.31. The van der Waals surface area contributed by atoms with Crippen LogP contribution >= 0.6 is 11.6 Å². The van der Waals surface area contributed by atoms with E-state index in [2.05, 4.69) is 38.9 Å². The van der Waals surface area contributed by atoms with Crippen molar-refractivity contribution >= 4 is 28.5 Å². The lowest BCUT2D eigenvalue weighted by Gasteiger charge is -2.27. The lowest BCUT2D eigenvalue weighted by molar-refractivity contribution is 0.588. The standard InChI is InChI=1S/C11H16ClN5/c1-4-7(5-2)17(3)10-8-6-13-16-9(8)14-11(12)15-10/h6-7H,4-5H2,1-3H3,(H,13,14,15,16). The number of aromatic amines is 1. The van der Waals surface area contributed by atoms with Gasteiger partial charge in [-0.15, -0.1) is 0 Å². The van der Waals surface area contributed by atoms with Crippen molar-refractivity contribution in [1.29, 1.82) is 0 Å². The van der Waals surface area contributed by atoms with Crippen molar-refractivity contribution in [2.75, 3.05) is 11.9 Å². The number of hydrogen-bond donors (Lipinski definition) is 1. The molecule has 0 aromatic carbocycles. The first-order chi connectivity index (χ1) is 8.17. The van der Waals surface area contributed by atoms with Crippen molar-refractivity contribution < 1.29 is 0 Å². The summed E-state index contributed by atoms with van der Waals surface area (Å²) in [6, 6.07) is 0.444. The second-order valence-corrected chi connectivity index (χ2v) is 4.37. The van der Waals surface area contributed by atoms with Crippen LogP contribution in [0.2, 0.25) is 5.28 Å². The first kappa shape index (κ1) is 12.1. The highest BCUT2D eigenvalue weighted by Gasteiger charge is 2.17. The minimum atomic E-state index is 0.245. The maximum Gasteiger partial charge on any atom is 0.226 e. The topological polar surface area (TPSA) is 57.7 Å². The molecule has 0 aliphatic carbocycles. The maximum absolute atomic E-state index is 5.92. The Kier molecular flexibility index (Phi) is 3.47. The summed E-state index contributed by atoms with van der Waals surface area (Å²) >= 11 is 5.92. The maximum atomic E-state index is 5.92. The number of fused-ring (bicyclic) bond motifs is 1. The Balaban J connectivity index is 2.49. The average molecular weight is 254 g/mol. The van der Waals surface area contributed by atoms with E-state index in [1.807, 2.05) is 7.05 Å². The van der Waals surface area contributed by atoms with Crippen molar-refractivity contribution in [3.63, 3.8) is 0 Å². The fourth-order valence-corrected chi connectivity index (χ4v) is 2.24. The van der Waals surface area contributed by atoms with Gasteiger partial charge in [0.15, 0.2) is 5.65 Å². The van der Waals surface area contributed by atoms with Crippen molar-refractivity contribution in [2.45, 2.75) is 32.7 Å². The largest absolute Gasteiger partial charge is 0.356 e. The third kappa shape index (κ3) is 2.20. The monoisotopic (exact) mass is 253 g/mol. The minimum absolute atomic E-state index is 0.245. The van der Waals surface area contributed by atoms with E-state index in [-0.39, 0.29) is 5.28 Å². The van der Waals surface area contributed by atoms with Gasteiger partial charge in [-0.25, -0.2) is 0 Å². The van der Waals surface area contributed by atoms with Gasteiger partial charge in [0, 0.05) is 13.1 Å². The highest BCUT2D eigenvalue weighted by Crippen LogP contribution is 2.25. The summed E-state index contributed by atoms with van der Waals surface area (Å²) in [4.78, 5) is 10.6. The predicted octanol–water partition coefficient (Wildman–Crippen LogP) is 2.63. The molecular formula is C11H16ClN5. The molecule has 0 aliphatic rings. The van der Waals surface area contributed by atoms with Crippen LogP contribution in [0.4, 0.5) is 5.82 Å². The van der Waals surface area contributed by atoms with Gasteiger partial charge < -0.3 is 4.90 Å². The van der Waals surface area contributed by atoms with Crippen molar-refractivity contribution in [2.24, 2.45) is 0 Å². The molecule has 0 saturated heterocycles. The molecule has 0 atom stereocenters. The predicted molar refractivity (Wildman–Crippen MR) is 69.5 cm³/mol. The third-order valence-electron chi connectivity index (χ3n) is 3.09. The van der Waals surface area contributed by atoms with E-state index in [9.17, 15) is 0 Å². The summed E-state index contributed by atoms with van der Waals surface area (Å²) in [5, 5.41) is 7.95. The smallest absolute Gasteiger partial charge is 0.226 e. The molecule has 2 aromatic heterocycles. The molecule has 0 saturated carbocycles. The molecule has 0 unspecified atom stereocenters. The molecule has 2 heterocycles. The van der Waals surface area contributed by atoms with Crippen LogP contribution in [0.25, 0.3) is 11.0 Å². The summed E-state index contributed by atoms with van der Waals surface area (Å²) in [6.07, 6.45) is 3.86. The van der Waals surface area contributed by atoms with Crippen LogP contribution in [0.15, 0.2) is 6.20 Å². The molecule has 17 heavy (non-hydrogen) atoms. The number of halogens is 1. The zero-order valence-electron chi connectivity index (χ0n) is 10.2. The van der Waals surface area contributed by atoms with Crippen LogP contribution in [-0.2, 0) is 0 Å². The number of H-pyrrole nitrogens is 1. The Hall–Kier alpha value is -1.36. The molecule has 0 spiro atoms. The fraction of sp³-hybridized carbons (Fsp3) is 0.545. The Morgan fingerprint density at radius 2 is 2.06 bits per heavy atom. The number of nitrogens with zero attached hydrogens (tertiary/aromatic N) is 4. The summed E-state index contributed by atoms with van der Waals surface area (Å²) < 4.78 is 0. The second kappa shape index (κ2) is 4.87. The van der Waals surface area contributed by atoms with Gasteiger partial charge in [0.05, 0.1) is 11.6 Å². The van der Waals surface area contributed by atoms with Gasteiger partial charge in [0.25, 0.3) is 0 Å². The van der Waals surface area contributed by atoms with E-state index in [0.29, 0.717) is 11.7 Å². The Morgan fingerprint density at radius 3 is 2.71 bits per heavy atom. The first-order valence-electron chi connectivity index (χ1n) is 5.76. The Morgan fingerprint density at radius 1 is 1.35 bits per heavy atom. The summed E-state index contributed by atoms with van der Waals surface area (Å²) in [5.41, 5.74) is 0.679. The van der Waals surface area contributed by atoms with Crippen LogP contribution in [0.3, 0.4) is 0 Å². The SMILES string of the molecule is CCC(CC)N(C)c1nc(Cl)nc2[nH]ncc12. The van der Waals surface area contributed by atoms with Crippen molar-refractivity contribution in [3.05, 3.63) is 11.5 Å². The molecule has 0 aliphatic heterocycles. The second-order valence-electron chi connectivity index (χ2n) is 4.03. The number of aromatic nitrogens is 4. The van der Waals surface area contributed by atoms with E-state index >= 15 is 0 Å². The van der Waals surface area contributed by atoms with E-state index in [1.54, 1.807) is 6.20 Å². The average Bonchev–Trinajstić information content (AvgIpc) is 2.77. The first-order valence-corrected chi connectivity index (χ1v) is 6.14. The zero-order chi connectivity index (χ0) is 12.4. The molecule has 2 aromatic rings. The molecule has 0 radical (unpaired) electrons. The summed E-state index contributed by atoms with van der Waals surface area (Å²) in [7, 11) is 2.03. The van der Waals surface area contributed by atoms with Gasteiger partial charge in [0.1, 0.15) is 5.82 Å². The number of rotatable bonds is 4. The number of nitrogens with one attached hydrogen (secondary N) is 1. The van der Waals surface area contributed by atoms with Crippen LogP contribution in [0.1, 0.15) is 26.7 Å². The van der Waals surface area contributed by atoms with Gasteiger partial charge >= 0.3 is 0 Å². The Bertz CT molecular complexity index is 506. The van der Waals surface area contributed by atoms with Crippen LogP contribution in [0, 0.1) is 0 Å². The molecule has 0 amide bonds. The number of anilines is 1. The molecule has 6 heteroatoms. The zero-order valence-corrected chi connectivity index (χ0v) is 11.0. The van der Waals surface area contributed by atoms with E-state index < -0.39 is 0 Å². The van der Waals surface area contributed by atoms with Crippen molar-refractivity contribution in [3.8, 4) is 0 Å². The van der Waals surface area contributed by atoms with Gasteiger partial charge in [-0.2, -0.15) is 15.1 Å². The summed E-state index contributed by atoms with van der Waals surface area (Å²) in [6.45, 7) is 4.33. The molecule has 5 nitrogen and oxygen atoms in total. The Labute approximate surface area is 105 Å². The molecule has 92 valence electrons. The molecular weight excluding hydrogens is 238 g/mol. The molecule has 2 rings (SSSR count). The quantitative estimate of drug-likeness (QED) is 0.851. The lowest BCUT2D eigenvalue weighted by atomic mass is 10.1. The number of hydrogen-bond acceptors (Lipinski definition) is 4. The van der Waals surface area contributed by atoms with Gasteiger partial charge in [0.2, 0.25) is 5.28 Å². The fourth-order valence-electron chi connectivity index (χ4n) is 2.07.